The van der Waals surface area contributed by atoms with Crippen molar-refractivity contribution >= 4 is 21.4 Å². The number of benzene rings is 2. The third kappa shape index (κ3) is 6.19. The Hall–Kier alpha value is -2.18. The number of para-hydroxylation sites is 1. The topological polar surface area (TPSA) is 66.5 Å². The van der Waals surface area contributed by atoms with Gasteiger partial charge in [-0.25, -0.2) is 8.42 Å². The summed E-state index contributed by atoms with van der Waals surface area (Å²) in [6, 6.07) is 14.8. The number of carbonyl (C=O) groups excluding carboxylic acids is 1. The standard InChI is InChI=1S/C21H28N2O3S/c1-21(2,3)17-12-10-16(11-13-17)14-23(4)15-20(24)22-18-8-6-7-9-19(18)27(5,25)26/h6-13H,14-15H2,1-5H3,(H,22,24). The maximum atomic E-state index is 12.3. The number of likely N-dealkylation sites (N-methyl/N-ethyl adjacent to an activating group) is 1. The molecule has 0 bridgehead atoms. The first-order valence-corrected chi connectivity index (χ1v) is 10.7. The van der Waals surface area contributed by atoms with E-state index < -0.39 is 9.84 Å². The second-order valence-corrected chi connectivity index (χ2v) is 9.92. The average Bonchev–Trinajstić information content (AvgIpc) is 2.53. The van der Waals surface area contributed by atoms with Crippen LogP contribution in [0.1, 0.15) is 31.9 Å². The van der Waals surface area contributed by atoms with Crippen molar-refractivity contribution in [3.8, 4) is 0 Å². The molecule has 0 saturated carbocycles. The van der Waals surface area contributed by atoms with Gasteiger partial charge in [0.15, 0.2) is 9.84 Å². The molecule has 6 heteroatoms. The predicted molar refractivity (Wildman–Crippen MR) is 110 cm³/mol. The van der Waals surface area contributed by atoms with Gasteiger partial charge in [0.05, 0.1) is 17.1 Å². The minimum absolute atomic E-state index is 0.108. The molecule has 0 aliphatic carbocycles. The molecule has 0 aliphatic heterocycles. The minimum atomic E-state index is -3.40. The van der Waals surface area contributed by atoms with E-state index >= 15 is 0 Å². The fraction of sp³-hybridized carbons (Fsp3) is 0.381. The van der Waals surface area contributed by atoms with Crippen molar-refractivity contribution in [1.29, 1.82) is 0 Å². The molecule has 0 aliphatic rings. The SMILES string of the molecule is CN(CC(=O)Nc1ccccc1S(C)(=O)=O)Cc1ccc(C(C)(C)C)cc1. The Morgan fingerprint density at radius 3 is 2.19 bits per heavy atom. The molecule has 0 fully saturated rings. The summed E-state index contributed by atoms with van der Waals surface area (Å²) >= 11 is 0. The molecular weight excluding hydrogens is 360 g/mol. The van der Waals surface area contributed by atoms with Crippen LogP contribution in [0.3, 0.4) is 0 Å². The Labute approximate surface area is 162 Å². The van der Waals surface area contributed by atoms with Crippen LogP contribution in [0, 0.1) is 0 Å². The summed E-state index contributed by atoms with van der Waals surface area (Å²) in [7, 11) is -1.54. The maximum Gasteiger partial charge on any atom is 0.238 e. The number of nitrogens with zero attached hydrogens (tertiary/aromatic N) is 1. The molecule has 146 valence electrons. The number of amides is 1. The molecule has 2 aromatic carbocycles. The summed E-state index contributed by atoms with van der Waals surface area (Å²) in [5, 5.41) is 2.70. The number of hydrogen-bond acceptors (Lipinski definition) is 4. The average molecular weight is 389 g/mol. The first kappa shape index (κ1) is 21.1. The lowest BCUT2D eigenvalue weighted by Gasteiger charge is -2.20. The molecule has 0 unspecified atom stereocenters. The van der Waals surface area contributed by atoms with Gasteiger partial charge in [-0.3, -0.25) is 9.69 Å². The summed E-state index contributed by atoms with van der Waals surface area (Å²) in [6.07, 6.45) is 1.13. The van der Waals surface area contributed by atoms with Crippen LogP contribution in [-0.2, 0) is 26.6 Å². The van der Waals surface area contributed by atoms with Crippen molar-refractivity contribution in [1.82, 2.24) is 4.90 Å². The summed E-state index contributed by atoms with van der Waals surface area (Å²) in [5.74, 6) is -0.250. The van der Waals surface area contributed by atoms with Crippen molar-refractivity contribution in [2.45, 2.75) is 37.6 Å². The molecule has 0 spiro atoms. The molecular formula is C21H28N2O3S. The van der Waals surface area contributed by atoms with Crippen molar-refractivity contribution in [3.05, 3.63) is 59.7 Å². The normalized spacial score (nSPS) is 12.2. The highest BCUT2D eigenvalue weighted by Gasteiger charge is 2.16. The molecule has 2 aromatic rings. The zero-order chi connectivity index (χ0) is 20.2. The van der Waals surface area contributed by atoms with E-state index in [-0.39, 0.29) is 22.8 Å². The van der Waals surface area contributed by atoms with Gasteiger partial charge < -0.3 is 5.32 Å². The van der Waals surface area contributed by atoms with E-state index in [0.29, 0.717) is 12.2 Å². The Bertz CT molecular complexity index is 898. The van der Waals surface area contributed by atoms with E-state index in [2.05, 4.69) is 50.4 Å². The number of rotatable bonds is 6. The van der Waals surface area contributed by atoms with Crippen LogP contribution in [0.4, 0.5) is 5.69 Å². The summed E-state index contributed by atoms with van der Waals surface area (Å²) in [5.41, 5.74) is 2.81. The highest BCUT2D eigenvalue weighted by Crippen LogP contribution is 2.23. The molecule has 0 radical (unpaired) electrons. The van der Waals surface area contributed by atoms with Crippen molar-refractivity contribution in [2.75, 3.05) is 25.2 Å². The summed E-state index contributed by atoms with van der Waals surface area (Å²) in [6.45, 7) is 7.32. The number of sulfone groups is 1. The number of nitrogens with one attached hydrogen (secondary N) is 1. The van der Waals surface area contributed by atoms with Gasteiger partial charge in [-0.1, -0.05) is 57.2 Å². The molecule has 0 saturated heterocycles. The number of carbonyl (C=O) groups is 1. The van der Waals surface area contributed by atoms with Gasteiger partial charge in [-0.05, 0) is 35.7 Å². The van der Waals surface area contributed by atoms with Crippen molar-refractivity contribution in [3.63, 3.8) is 0 Å². The fourth-order valence-electron chi connectivity index (χ4n) is 2.81. The van der Waals surface area contributed by atoms with Gasteiger partial charge in [-0.15, -0.1) is 0 Å². The molecule has 1 amide bonds. The quantitative estimate of drug-likeness (QED) is 0.823. The largest absolute Gasteiger partial charge is 0.324 e. The van der Waals surface area contributed by atoms with Gasteiger partial charge in [0.2, 0.25) is 5.91 Å². The third-order valence-electron chi connectivity index (χ3n) is 4.25. The van der Waals surface area contributed by atoms with Crippen LogP contribution in [-0.4, -0.2) is 39.1 Å². The zero-order valence-corrected chi connectivity index (χ0v) is 17.4. The molecule has 5 nitrogen and oxygen atoms in total. The second-order valence-electron chi connectivity index (χ2n) is 7.94. The predicted octanol–water partition coefficient (Wildman–Crippen LogP) is 3.46. The Morgan fingerprint density at radius 1 is 1.04 bits per heavy atom. The zero-order valence-electron chi connectivity index (χ0n) is 16.6. The van der Waals surface area contributed by atoms with E-state index in [1.165, 1.54) is 11.6 Å². The van der Waals surface area contributed by atoms with Crippen LogP contribution in [0.15, 0.2) is 53.4 Å². The molecule has 0 aromatic heterocycles. The van der Waals surface area contributed by atoms with Crippen LogP contribution in [0.25, 0.3) is 0 Å². The van der Waals surface area contributed by atoms with E-state index in [9.17, 15) is 13.2 Å². The maximum absolute atomic E-state index is 12.3. The number of anilines is 1. The van der Waals surface area contributed by atoms with Crippen LogP contribution >= 0.6 is 0 Å². The van der Waals surface area contributed by atoms with E-state index in [4.69, 9.17) is 0 Å². The Morgan fingerprint density at radius 2 is 1.63 bits per heavy atom. The van der Waals surface area contributed by atoms with E-state index in [1.807, 2.05) is 11.9 Å². The highest BCUT2D eigenvalue weighted by molar-refractivity contribution is 7.90. The lowest BCUT2D eigenvalue weighted by Crippen LogP contribution is -2.30. The van der Waals surface area contributed by atoms with E-state index in [0.717, 1.165) is 11.8 Å². The van der Waals surface area contributed by atoms with Crippen molar-refractivity contribution in [2.24, 2.45) is 0 Å². The van der Waals surface area contributed by atoms with Gasteiger partial charge in [0.1, 0.15) is 0 Å². The van der Waals surface area contributed by atoms with Crippen LogP contribution in [0.2, 0.25) is 0 Å². The summed E-state index contributed by atoms with van der Waals surface area (Å²) < 4.78 is 23.7. The Kier molecular flexibility index (Phi) is 6.44. The second kappa shape index (κ2) is 8.23. The Balaban J connectivity index is 1.99. The van der Waals surface area contributed by atoms with Gasteiger partial charge in [-0.2, -0.15) is 0 Å². The molecule has 2 rings (SSSR count). The van der Waals surface area contributed by atoms with Crippen LogP contribution < -0.4 is 5.32 Å². The first-order valence-electron chi connectivity index (χ1n) is 8.84. The van der Waals surface area contributed by atoms with E-state index in [1.54, 1.807) is 18.2 Å². The number of hydrogen-bond donors (Lipinski definition) is 1. The minimum Gasteiger partial charge on any atom is -0.324 e. The molecule has 0 heterocycles. The smallest absolute Gasteiger partial charge is 0.238 e. The molecule has 0 atom stereocenters. The highest BCUT2D eigenvalue weighted by atomic mass is 32.2. The molecule has 1 N–H and O–H groups in total. The lowest BCUT2D eigenvalue weighted by atomic mass is 9.87. The van der Waals surface area contributed by atoms with Crippen molar-refractivity contribution < 1.29 is 13.2 Å². The lowest BCUT2D eigenvalue weighted by molar-refractivity contribution is -0.117. The van der Waals surface area contributed by atoms with Crippen LogP contribution in [0.5, 0.6) is 0 Å². The monoisotopic (exact) mass is 388 g/mol. The summed E-state index contributed by atoms with van der Waals surface area (Å²) in [4.78, 5) is 14.3. The fourth-order valence-corrected chi connectivity index (χ4v) is 3.65. The third-order valence-corrected chi connectivity index (χ3v) is 5.40. The van der Waals surface area contributed by atoms with Gasteiger partial charge in [0.25, 0.3) is 0 Å². The van der Waals surface area contributed by atoms with Gasteiger partial charge >= 0.3 is 0 Å². The van der Waals surface area contributed by atoms with Gasteiger partial charge in [0, 0.05) is 12.8 Å². The first-order chi connectivity index (χ1) is 12.5. The molecule has 27 heavy (non-hydrogen) atoms.